The van der Waals surface area contributed by atoms with Crippen molar-refractivity contribution in [2.45, 2.75) is 38.1 Å². The summed E-state index contributed by atoms with van der Waals surface area (Å²) in [6.07, 6.45) is -4.13. The van der Waals surface area contributed by atoms with E-state index in [0.717, 1.165) is 16.6 Å². The number of benzene rings is 1. The van der Waals surface area contributed by atoms with E-state index < -0.39 is 44.9 Å². The van der Waals surface area contributed by atoms with Crippen LogP contribution in [0.2, 0.25) is 0 Å². The predicted octanol–water partition coefficient (Wildman–Crippen LogP) is -0.362. The maximum Gasteiger partial charge on any atom is 0.472 e. The number of hydrogen-bond acceptors (Lipinski definition) is 9. The monoisotopic (exact) mass is 428 g/mol. The molecule has 29 heavy (non-hydrogen) atoms. The Kier molecular flexibility index (Phi) is 6.44. The zero-order valence-electron chi connectivity index (χ0n) is 15.4. The number of hydrogen-bond donors (Lipinski definition) is 4. The van der Waals surface area contributed by atoms with Crippen molar-refractivity contribution in [1.82, 2.24) is 14.8 Å². The summed E-state index contributed by atoms with van der Waals surface area (Å²) < 4.78 is 28.3. The third kappa shape index (κ3) is 5.25. The molecule has 5 N–H and O–H groups in total. The molecule has 0 spiro atoms. The first-order valence-electron chi connectivity index (χ1n) is 8.56. The number of phosphoric ester groups is 1. The predicted molar refractivity (Wildman–Crippen MR) is 96.2 cm³/mol. The van der Waals surface area contributed by atoms with Crippen LogP contribution in [0.4, 0.5) is 0 Å². The van der Waals surface area contributed by atoms with Crippen LogP contribution in [0, 0.1) is 6.92 Å². The summed E-state index contributed by atoms with van der Waals surface area (Å²) in [5, 5.41) is 24.0. The highest BCUT2D eigenvalue weighted by atomic mass is 31.2. The highest BCUT2D eigenvalue weighted by molar-refractivity contribution is 7.47. The van der Waals surface area contributed by atoms with Gasteiger partial charge in [-0.2, -0.15) is 0 Å². The number of ether oxygens (including phenoxy) is 1. The van der Waals surface area contributed by atoms with Crippen molar-refractivity contribution in [3.05, 3.63) is 47.5 Å². The molecule has 3 rings (SSSR count). The molecular weight excluding hydrogens is 407 g/mol. The van der Waals surface area contributed by atoms with Gasteiger partial charge >= 0.3 is 7.82 Å². The van der Waals surface area contributed by atoms with Gasteiger partial charge in [0.15, 0.2) is 6.23 Å². The van der Waals surface area contributed by atoms with Crippen LogP contribution >= 0.6 is 7.82 Å². The van der Waals surface area contributed by atoms with E-state index in [1.54, 1.807) is 12.1 Å². The lowest BCUT2D eigenvalue weighted by atomic mass is 10.1. The van der Waals surface area contributed by atoms with E-state index in [2.05, 4.69) is 10.1 Å². The number of rotatable bonds is 8. The third-order valence-electron chi connectivity index (χ3n) is 4.24. The molecule has 158 valence electrons. The Labute approximate surface area is 165 Å². The van der Waals surface area contributed by atoms with Crippen molar-refractivity contribution in [2.75, 3.05) is 6.61 Å². The number of carbonyl (C=O) groups excluding carboxylic acids is 1. The van der Waals surface area contributed by atoms with Crippen LogP contribution in [-0.4, -0.2) is 60.7 Å². The number of aromatic nitrogens is 3. The van der Waals surface area contributed by atoms with E-state index in [-0.39, 0.29) is 12.4 Å². The Morgan fingerprint density at radius 1 is 1.28 bits per heavy atom. The van der Waals surface area contributed by atoms with Gasteiger partial charge in [-0.1, -0.05) is 29.8 Å². The number of carbonyl (C=O) groups is 1. The van der Waals surface area contributed by atoms with Crippen LogP contribution in [0.15, 0.2) is 30.6 Å². The van der Waals surface area contributed by atoms with Gasteiger partial charge < -0.3 is 25.6 Å². The fraction of sp³-hybridized carbons (Fsp3) is 0.438. The zero-order valence-corrected chi connectivity index (χ0v) is 16.3. The molecule has 1 aliphatic heterocycles. The fourth-order valence-corrected chi connectivity index (χ4v) is 3.36. The number of nitrogens with zero attached hydrogens (tertiary/aromatic N) is 3. The van der Waals surface area contributed by atoms with E-state index in [1.807, 2.05) is 19.1 Å². The molecule has 12 nitrogen and oxygen atoms in total. The van der Waals surface area contributed by atoms with Crippen LogP contribution in [0.5, 0.6) is 0 Å². The van der Waals surface area contributed by atoms with Gasteiger partial charge in [0, 0.05) is 0 Å². The van der Waals surface area contributed by atoms with E-state index in [9.17, 15) is 24.5 Å². The smallest absolute Gasteiger partial charge is 0.387 e. The second-order valence-corrected chi connectivity index (χ2v) is 7.94. The summed E-state index contributed by atoms with van der Waals surface area (Å²) >= 11 is 0. The van der Waals surface area contributed by atoms with Gasteiger partial charge in [-0.05, 0) is 12.5 Å². The standard InChI is InChI=1S/C16H21N4O8P/c1-9-2-4-10(5-3-9)6-26-29(24,25)27-7-11-12(21)13(22)16(28-11)20-8-18-15(19-20)14(17)23/h2-5,8,11-13,16,21-22H,6-7H2,1H3,(H2,17,23)(H,24,25)/t11-,12+,13?,16-/m1/s1. The number of primary amides is 1. The zero-order chi connectivity index (χ0) is 21.2. The fourth-order valence-electron chi connectivity index (χ4n) is 2.64. The molecule has 0 aliphatic carbocycles. The van der Waals surface area contributed by atoms with Gasteiger partial charge in [0.2, 0.25) is 5.82 Å². The van der Waals surface area contributed by atoms with Crippen molar-refractivity contribution in [2.24, 2.45) is 5.73 Å². The molecule has 1 fully saturated rings. The molecule has 0 radical (unpaired) electrons. The summed E-state index contributed by atoms with van der Waals surface area (Å²) in [7, 11) is -4.44. The summed E-state index contributed by atoms with van der Waals surface area (Å²) in [5.41, 5.74) is 6.78. The van der Waals surface area contributed by atoms with Crippen LogP contribution in [0.25, 0.3) is 0 Å². The second kappa shape index (κ2) is 8.67. The molecule has 1 saturated heterocycles. The van der Waals surface area contributed by atoms with E-state index in [4.69, 9.17) is 19.5 Å². The van der Waals surface area contributed by atoms with Crippen molar-refractivity contribution in [1.29, 1.82) is 0 Å². The average Bonchev–Trinajstić information content (AvgIpc) is 3.26. The molecule has 1 amide bonds. The Balaban J connectivity index is 1.55. The topological polar surface area (TPSA) is 179 Å². The molecule has 0 saturated carbocycles. The maximum atomic E-state index is 12.1. The molecule has 2 aromatic rings. The molecule has 1 aromatic carbocycles. The average molecular weight is 428 g/mol. The number of aryl methyl sites for hydroxylation is 1. The van der Waals surface area contributed by atoms with Crippen LogP contribution in [0.3, 0.4) is 0 Å². The largest absolute Gasteiger partial charge is 0.472 e. The van der Waals surface area contributed by atoms with Gasteiger partial charge in [-0.15, -0.1) is 5.10 Å². The number of nitrogens with two attached hydrogens (primary N) is 1. The summed E-state index contributed by atoms with van der Waals surface area (Å²) in [4.78, 5) is 24.6. The Hall–Kier alpha value is -2.18. The van der Waals surface area contributed by atoms with Crippen molar-refractivity contribution in [3.63, 3.8) is 0 Å². The molecule has 5 atom stereocenters. The van der Waals surface area contributed by atoms with Gasteiger partial charge in [-0.3, -0.25) is 13.8 Å². The minimum Gasteiger partial charge on any atom is -0.387 e. The minimum absolute atomic E-state index is 0.151. The van der Waals surface area contributed by atoms with E-state index in [1.165, 1.54) is 0 Å². The highest BCUT2D eigenvalue weighted by Gasteiger charge is 2.45. The number of amides is 1. The molecular formula is C16H21N4O8P. The molecule has 13 heteroatoms. The Morgan fingerprint density at radius 2 is 1.97 bits per heavy atom. The molecule has 0 bridgehead atoms. The minimum atomic E-state index is -4.44. The lowest BCUT2D eigenvalue weighted by molar-refractivity contribution is -0.0591. The SMILES string of the molecule is Cc1ccc(COP(=O)(O)OC[C@H]2O[C@@H](n3cnc(C(N)=O)n3)C(O)[C@H]2O)cc1. The van der Waals surface area contributed by atoms with Crippen molar-refractivity contribution in [3.8, 4) is 0 Å². The first kappa shape index (κ1) is 21.5. The number of phosphoric acid groups is 1. The maximum absolute atomic E-state index is 12.1. The van der Waals surface area contributed by atoms with E-state index >= 15 is 0 Å². The van der Waals surface area contributed by atoms with Gasteiger partial charge in [-0.25, -0.2) is 14.2 Å². The molecule has 1 aliphatic rings. The van der Waals surface area contributed by atoms with Gasteiger partial charge in [0.05, 0.1) is 13.2 Å². The summed E-state index contributed by atoms with van der Waals surface area (Å²) in [6.45, 7) is 1.23. The molecule has 2 unspecified atom stereocenters. The third-order valence-corrected chi connectivity index (χ3v) is 5.17. The number of aliphatic hydroxyl groups is 2. The van der Waals surface area contributed by atoms with Crippen LogP contribution in [-0.2, 0) is 25.0 Å². The highest BCUT2D eigenvalue weighted by Crippen LogP contribution is 2.45. The van der Waals surface area contributed by atoms with Crippen molar-refractivity contribution >= 4 is 13.7 Å². The Morgan fingerprint density at radius 3 is 2.59 bits per heavy atom. The lowest BCUT2D eigenvalue weighted by Crippen LogP contribution is -2.33. The Bertz CT molecular complexity index is 905. The number of aliphatic hydroxyl groups excluding tert-OH is 2. The van der Waals surface area contributed by atoms with Crippen molar-refractivity contribution < 1.29 is 38.3 Å². The van der Waals surface area contributed by atoms with Crippen LogP contribution in [0.1, 0.15) is 28.0 Å². The van der Waals surface area contributed by atoms with Gasteiger partial charge in [0.25, 0.3) is 5.91 Å². The molecule has 1 aromatic heterocycles. The first-order valence-corrected chi connectivity index (χ1v) is 10.1. The first-order chi connectivity index (χ1) is 13.7. The summed E-state index contributed by atoms with van der Waals surface area (Å²) in [6, 6.07) is 7.16. The second-order valence-electron chi connectivity index (χ2n) is 6.48. The normalized spacial score (nSPS) is 26.3. The van der Waals surface area contributed by atoms with E-state index in [0.29, 0.717) is 5.56 Å². The quantitative estimate of drug-likeness (QED) is 0.406. The lowest BCUT2D eigenvalue weighted by Gasteiger charge is -2.17. The molecule has 2 heterocycles. The summed E-state index contributed by atoms with van der Waals surface area (Å²) in [5.74, 6) is -1.16. The van der Waals surface area contributed by atoms with Crippen LogP contribution < -0.4 is 5.73 Å². The van der Waals surface area contributed by atoms with Gasteiger partial charge in [0.1, 0.15) is 24.6 Å².